The lowest BCUT2D eigenvalue weighted by Crippen LogP contribution is -2.55. The topological polar surface area (TPSA) is 147 Å². The molecule has 1 aliphatic heterocycles. The fraction of sp³-hybridized carbons (Fsp3) is 0.320. The predicted octanol–water partition coefficient (Wildman–Crippen LogP) is 1.93. The van der Waals surface area contributed by atoms with Crippen LogP contribution in [0.25, 0.3) is 10.8 Å². The number of morpholine rings is 1. The molecule has 184 valence electrons. The Morgan fingerprint density at radius 1 is 1.29 bits per heavy atom. The SMILES string of the molecule is COC(=O)C(C)(C)c1cccc(N2CCO[C@H]([C@@H](O)C(=O)Nc3ccc4c(N)[nH]cc4c3)C2=O)c1. The Bertz CT molecular complexity index is 1280. The van der Waals surface area contributed by atoms with Gasteiger partial charge in [0.05, 0.1) is 19.1 Å². The van der Waals surface area contributed by atoms with Crippen LogP contribution in [0.2, 0.25) is 0 Å². The average molecular weight is 481 g/mol. The zero-order chi connectivity index (χ0) is 25.3. The second kappa shape index (κ2) is 9.40. The van der Waals surface area contributed by atoms with Gasteiger partial charge in [-0.15, -0.1) is 0 Å². The molecule has 0 bridgehead atoms. The first-order valence-electron chi connectivity index (χ1n) is 11.1. The van der Waals surface area contributed by atoms with E-state index in [1.807, 2.05) is 0 Å². The van der Waals surface area contributed by atoms with E-state index in [9.17, 15) is 19.5 Å². The first kappa shape index (κ1) is 24.2. The molecule has 1 fully saturated rings. The highest BCUT2D eigenvalue weighted by molar-refractivity contribution is 6.05. The van der Waals surface area contributed by atoms with E-state index in [1.54, 1.807) is 62.5 Å². The van der Waals surface area contributed by atoms with Gasteiger partial charge in [-0.05, 0) is 49.7 Å². The fourth-order valence-electron chi connectivity index (χ4n) is 4.12. The number of H-pyrrole nitrogens is 1. The smallest absolute Gasteiger partial charge is 0.315 e. The van der Waals surface area contributed by atoms with Gasteiger partial charge in [-0.3, -0.25) is 14.4 Å². The Labute approximate surface area is 202 Å². The maximum absolute atomic E-state index is 13.2. The summed E-state index contributed by atoms with van der Waals surface area (Å²) >= 11 is 0. The molecule has 1 aliphatic rings. The summed E-state index contributed by atoms with van der Waals surface area (Å²) in [6, 6.07) is 12.1. The monoisotopic (exact) mass is 480 g/mol. The van der Waals surface area contributed by atoms with Gasteiger partial charge in [-0.1, -0.05) is 12.1 Å². The zero-order valence-electron chi connectivity index (χ0n) is 19.7. The summed E-state index contributed by atoms with van der Waals surface area (Å²) in [5, 5.41) is 14.9. The number of carbonyl (C=O) groups is 3. The van der Waals surface area contributed by atoms with E-state index >= 15 is 0 Å². The number of aliphatic hydroxyl groups excluding tert-OH is 1. The molecular weight excluding hydrogens is 452 g/mol. The minimum Gasteiger partial charge on any atom is -0.468 e. The van der Waals surface area contributed by atoms with Crippen LogP contribution in [0.3, 0.4) is 0 Å². The molecule has 0 radical (unpaired) electrons. The van der Waals surface area contributed by atoms with Crippen LogP contribution in [-0.4, -0.2) is 60.3 Å². The van der Waals surface area contributed by atoms with Gasteiger partial charge in [0.2, 0.25) is 0 Å². The summed E-state index contributed by atoms with van der Waals surface area (Å²) < 4.78 is 10.4. The Morgan fingerprint density at radius 2 is 2.06 bits per heavy atom. The van der Waals surface area contributed by atoms with Crippen LogP contribution >= 0.6 is 0 Å². The number of carbonyl (C=O) groups excluding carboxylic acids is 3. The highest BCUT2D eigenvalue weighted by Crippen LogP contribution is 2.30. The fourth-order valence-corrected chi connectivity index (χ4v) is 4.12. The summed E-state index contributed by atoms with van der Waals surface area (Å²) in [7, 11) is 1.32. The normalized spacial score (nSPS) is 17.3. The van der Waals surface area contributed by atoms with Crippen molar-refractivity contribution >= 4 is 45.7 Å². The third-order valence-electron chi connectivity index (χ3n) is 6.24. The number of aromatic amines is 1. The Morgan fingerprint density at radius 3 is 2.80 bits per heavy atom. The standard InChI is InChI=1S/C25H28N4O6/c1-25(2,24(33)34-3)15-5-4-6-17(12-15)29-9-10-35-20(23(29)32)19(30)22(31)28-16-7-8-18-14(11-16)13-27-21(18)26/h4-8,11-13,19-20,27,30H,9-10,26H2,1-3H3,(H,28,31)/t19-,20-/m1/s1. The van der Waals surface area contributed by atoms with E-state index in [2.05, 4.69) is 10.3 Å². The van der Waals surface area contributed by atoms with Crippen LogP contribution in [-0.2, 0) is 29.3 Å². The number of amides is 2. The van der Waals surface area contributed by atoms with Gasteiger partial charge < -0.3 is 35.5 Å². The van der Waals surface area contributed by atoms with Crippen LogP contribution in [0.5, 0.6) is 0 Å². The molecule has 2 amide bonds. The number of hydrogen-bond donors (Lipinski definition) is 4. The molecule has 2 heterocycles. The number of aliphatic hydroxyl groups is 1. The Kier molecular flexibility index (Phi) is 6.51. The van der Waals surface area contributed by atoms with Crippen LogP contribution in [0.15, 0.2) is 48.7 Å². The van der Waals surface area contributed by atoms with Gasteiger partial charge in [0.25, 0.3) is 11.8 Å². The van der Waals surface area contributed by atoms with Gasteiger partial charge >= 0.3 is 5.97 Å². The average Bonchev–Trinajstić information content (AvgIpc) is 3.23. The maximum Gasteiger partial charge on any atom is 0.315 e. The number of nitrogens with one attached hydrogen (secondary N) is 2. The molecule has 10 heteroatoms. The van der Waals surface area contributed by atoms with Crippen molar-refractivity contribution in [3.8, 4) is 0 Å². The molecule has 0 spiro atoms. The molecule has 2 atom stereocenters. The summed E-state index contributed by atoms with van der Waals surface area (Å²) in [6.07, 6.45) is -1.41. The molecular formula is C25H28N4O6. The van der Waals surface area contributed by atoms with E-state index in [0.29, 0.717) is 22.8 Å². The number of hydrogen-bond acceptors (Lipinski definition) is 7. The van der Waals surface area contributed by atoms with Crippen LogP contribution in [0, 0.1) is 0 Å². The number of fused-ring (bicyclic) bond motifs is 1. The van der Waals surface area contributed by atoms with Gasteiger partial charge in [0, 0.05) is 34.9 Å². The van der Waals surface area contributed by atoms with E-state index in [4.69, 9.17) is 15.2 Å². The van der Waals surface area contributed by atoms with E-state index < -0.39 is 35.4 Å². The Hall–Kier alpha value is -3.89. The van der Waals surface area contributed by atoms with Crippen LogP contribution in [0.1, 0.15) is 19.4 Å². The van der Waals surface area contributed by atoms with Crippen molar-refractivity contribution in [1.82, 2.24) is 4.98 Å². The molecule has 3 aromatic rings. The van der Waals surface area contributed by atoms with Crippen molar-refractivity contribution in [3.05, 3.63) is 54.2 Å². The number of benzene rings is 2. The number of nitrogens with two attached hydrogens (primary N) is 1. The number of esters is 1. The summed E-state index contributed by atoms with van der Waals surface area (Å²) in [5.41, 5.74) is 6.55. The number of aromatic nitrogens is 1. The molecule has 2 aromatic carbocycles. The molecule has 1 saturated heterocycles. The second-order valence-corrected chi connectivity index (χ2v) is 8.89. The molecule has 0 saturated carbocycles. The zero-order valence-corrected chi connectivity index (χ0v) is 19.7. The van der Waals surface area contributed by atoms with Crippen molar-refractivity contribution in [2.75, 3.05) is 36.2 Å². The predicted molar refractivity (Wildman–Crippen MR) is 131 cm³/mol. The van der Waals surface area contributed by atoms with Crippen molar-refractivity contribution in [1.29, 1.82) is 0 Å². The highest BCUT2D eigenvalue weighted by Gasteiger charge is 2.40. The minimum atomic E-state index is -1.73. The molecule has 5 N–H and O–H groups in total. The number of nitrogen functional groups attached to an aromatic ring is 1. The van der Waals surface area contributed by atoms with Crippen LogP contribution < -0.4 is 16.0 Å². The van der Waals surface area contributed by atoms with Gasteiger partial charge in [0.1, 0.15) is 5.82 Å². The third-order valence-corrected chi connectivity index (χ3v) is 6.24. The molecule has 4 rings (SSSR count). The maximum atomic E-state index is 13.2. The second-order valence-electron chi connectivity index (χ2n) is 8.89. The van der Waals surface area contributed by atoms with Gasteiger partial charge in [0.15, 0.2) is 12.2 Å². The molecule has 10 nitrogen and oxygen atoms in total. The molecule has 35 heavy (non-hydrogen) atoms. The van der Waals surface area contributed by atoms with Gasteiger partial charge in [-0.2, -0.15) is 0 Å². The summed E-state index contributed by atoms with van der Waals surface area (Å²) in [4.78, 5) is 42.5. The molecule has 0 aliphatic carbocycles. The largest absolute Gasteiger partial charge is 0.468 e. The lowest BCUT2D eigenvalue weighted by atomic mass is 9.84. The molecule has 0 unspecified atom stereocenters. The van der Waals surface area contributed by atoms with E-state index in [1.165, 1.54) is 12.0 Å². The first-order valence-corrected chi connectivity index (χ1v) is 11.1. The number of anilines is 3. The van der Waals surface area contributed by atoms with Crippen molar-refractivity contribution in [2.45, 2.75) is 31.5 Å². The lowest BCUT2D eigenvalue weighted by Gasteiger charge is -2.34. The van der Waals surface area contributed by atoms with E-state index in [0.717, 1.165) is 10.8 Å². The number of nitrogens with zero attached hydrogens (tertiary/aromatic N) is 1. The third kappa shape index (κ3) is 4.58. The number of rotatable bonds is 6. The van der Waals surface area contributed by atoms with Gasteiger partial charge in [-0.25, -0.2) is 0 Å². The van der Waals surface area contributed by atoms with E-state index in [-0.39, 0.29) is 13.2 Å². The van der Waals surface area contributed by atoms with Crippen molar-refractivity contribution in [3.63, 3.8) is 0 Å². The van der Waals surface area contributed by atoms with Crippen molar-refractivity contribution in [2.24, 2.45) is 0 Å². The summed E-state index contributed by atoms with van der Waals surface area (Å²) in [6.45, 7) is 3.82. The number of methoxy groups -OCH3 is 1. The minimum absolute atomic E-state index is 0.125. The van der Waals surface area contributed by atoms with Crippen LogP contribution in [0.4, 0.5) is 17.2 Å². The quantitative estimate of drug-likeness (QED) is 0.394. The lowest BCUT2D eigenvalue weighted by molar-refractivity contribution is -0.150. The summed E-state index contributed by atoms with van der Waals surface area (Å²) in [5.74, 6) is -1.22. The Balaban J connectivity index is 1.50. The first-order chi connectivity index (χ1) is 16.6. The molecule has 1 aromatic heterocycles. The highest BCUT2D eigenvalue weighted by atomic mass is 16.5. The van der Waals surface area contributed by atoms with Crippen molar-refractivity contribution < 1.29 is 29.0 Å². The number of ether oxygens (including phenoxy) is 2.